The van der Waals surface area contributed by atoms with E-state index in [-0.39, 0.29) is 18.1 Å². The summed E-state index contributed by atoms with van der Waals surface area (Å²) in [4.78, 5) is 14.6. The van der Waals surface area contributed by atoms with E-state index in [4.69, 9.17) is 11.6 Å². The molecule has 1 aliphatic rings. The van der Waals surface area contributed by atoms with Crippen LogP contribution in [0.25, 0.3) is 0 Å². The van der Waals surface area contributed by atoms with Crippen LogP contribution in [0.2, 0.25) is 5.02 Å². The van der Waals surface area contributed by atoms with Crippen molar-refractivity contribution in [2.45, 2.75) is 31.4 Å². The molecule has 26 heavy (non-hydrogen) atoms. The highest BCUT2D eigenvalue weighted by Gasteiger charge is 2.49. The third kappa shape index (κ3) is 3.00. The molecule has 3 rings (SSSR count). The predicted molar refractivity (Wildman–Crippen MR) is 101 cm³/mol. The first-order chi connectivity index (χ1) is 12.3. The number of para-hydroxylation sites is 1. The summed E-state index contributed by atoms with van der Waals surface area (Å²) in [5.41, 5.74) is 0.613. The van der Waals surface area contributed by atoms with Crippen molar-refractivity contribution < 1.29 is 14.3 Å². The summed E-state index contributed by atoms with van der Waals surface area (Å²) in [5.74, 6) is -0.733. The number of halogens is 2. The van der Waals surface area contributed by atoms with Crippen molar-refractivity contribution >= 4 is 23.2 Å². The van der Waals surface area contributed by atoms with Crippen molar-refractivity contribution in [3.8, 4) is 0 Å². The van der Waals surface area contributed by atoms with Crippen LogP contribution >= 0.6 is 11.6 Å². The van der Waals surface area contributed by atoms with Gasteiger partial charge in [-0.05, 0) is 50.2 Å². The smallest absolute Gasteiger partial charge is 0.237 e. The lowest BCUT2D eigenvalue weighted by atomic mass is 9.86. The molecule has 2 atom stereocenters. The molecular formula is C20H22ClFN2O2. The highest BCUT2D eigenvalue weighted by atomic mass is 35.5. The topological polar surface area (TPSA) is 52.6 Å². The number of hydrogen-bond acceptors (Lipinski definition) is 3. The van der Waals surface area contributed by atoms with Crippen LogP contribution in [0, 0.1) is 5.82 Å². The number of likely N-dealkylation sites (N-methyl/N-ethyl adjacent to an activating group) is 1. The van der Waals surface area contributed by atoms with Crippen LogP contribution in [-0.2, 0) is 10.2 Å². The summed E-state index contributed by atoms with van der Waals surface area (Å²) in [6.07, 6.45) is -0.941. The van der Waals surface area contributed by atoms with Gasteiger partial charge < -0.3 is 10.4 Å². The van der Waals surface area contributed by atoms with Gasteiger partial charge >= 0.3 is 0 Å². The normalized spacial score (nSPS) is 17.9. The van der Waals surface area contributed by atoms with Crippen molar-refractivity contribution in [3.05, 3.63) is 64.4 Å². The van der Waals surface area contributed by atoms with Crippen LogP contribution in [0.1, 0.15) is 31.0 Å². The second-order valence-electron chi connectivity index (χ2n) is 7.06. The quantitative estimate of drug-likeness (QED) is 0.840. The fourth-order valence-electron chi connectivity index (χ4n) is 3.60. The first kappa shape index (κ1) is 18.8. The number of hydrogen-bond donors (Lipinski definition) is 2. The maximum absolute atomic E-state index is 14.7. The Labute approximate surface area is 157 Å². The molecule has 0 spiro atoms. The molecule has 2 aromatic carbocycles. The van der Waals surface area contributed by atoms with Gasteiger partial charge in [0.15, 0.2) is 0 Å². The summed E-state index contributed by atoms with van der Waals surface area (Å²) in [5, 5.41) is 14.2. The molecule has 138 valence electrons. The van der Waals surface area contributed by atoms with Crippen molar-refractivity contribution in [2.24, 2.45) is 0 Å². The molecule has 2 aromatic rings. The fourth-order valence-corrected chi connectivity index (χ4v) is 3.80. The van der Waals surface area contributed by atoms with Crippen LogP contribution in [0.5, 0.6) is 0 Å². The summed E-state index contributed by atoms with van der Waals surface area (Å²) >= 11 is 6.13. The average Bonchev–Trinajstić information content (AvgIpc) is 2.78. The number of anilines is 1. The second-order valence-corrected chi connectivity index (χ2v) is 7.50. The van der Waals surface area contributed by atoms with Gasteiger partial charge in [-0.25, -0.2) is 4.39 Å². The second kappa shape index (κ2) is 6.99. The molecule has 1 aliphatic heterocycles. The zero-order valence-corrected chi connectivity index (χ0v) is 15.7. The maximum Gasteiger partial charge on any atom is 0.237 e. The van der Waals surface area contributed by atoms with Gasteiger partial charge in [-0.3, -0.25) is 9.69 Å². The molecule has 0 aliphatic carbocycles. The van der Waals surface area contributed by atoms with Crippen LogP contribution in [0.15, 0.2) is 42.5 Å². The Morgan fingerprint density at radius 2 is 1.96 bits per heavy atom. The van der Waals surface area contributed by atoms with Gasteiger partial charge in [-0.1, -0.05) is 35.9 Å². The SMILES string of the molecule is CNCC(O)C(c1cccc(Cl)c1)N1C(=O)C(C)(C)c2cccc(F)c21. The minimum atomic E-state index is -0.941. The van der Waals surface area contributed by atoms with Crippen LogP contribution in [0.4, 0.5) is 10.1 Å². The van der Waals surface area contributed by atoms with E-state index in [0.717, 1.165) is 0 Å². The number of nitrogens with zero attached hydrogens (tertiary/aromatic N) is 1. The lowest BCUT2D eigenvalue weighted by Crippen LogP contribution is -2.45. The lowest BCUT2D eigenvalue weighted by molar-refractivity contribution is -0.123. The number of carbonyl (C=O) groups excluding carboxylic acids is 1. The van der Waals surface area contributed by atoms with Gasteiger partial charge in [-0.2, -0.15) is 0 Å². The summed E-state index contributed by atoms with van der Waals surface area (Å²) in [6, 6.07) is 10.9. The molecule has 0 fully saturated rings. The van der Waals surface area contributed by atoms with E-state index in [0.29, 0.717) is 16.1 Å². The minimum absolute atomic E-state index is 0.225. The molecule has 4 nitrogen and oxygen atoms in total. The summed E-state index contributed by atoms with van der Waals surface area (Å²) in [7, 11) is 1.71. The molecule has 1 heterocycles. The van der Waals surface area contributed by atoms with Crippen LogP contribution in [-0.4, -0.2) is 30.7 Å². The largest absolute Gasteiger partial charge is 0.389 e. The zero-order chi connectivity index (χ0) is 19.1. The van der Waals surface area contributed by atoms with Gasteiger partial charge in [0.2, 0.25) is 5.91 Å². The molecule has 0 bridgehead atoms. The Kier molecular flexibility index (Phi) is 5.06. The standard InChI is InChI=1S/C20H22ClFN2O2/c1-20(2)14-8-5-9-15(22)18(14)24(19(20)26)17(16(25)11-23-3)12-6-4-7-13(21)10-12/h4-10,16-17,23,25H,11H2,1-3H3. The van der Waals surface area contributed by atoms with Gasteiger partial charge in [-0.15, -0.1) is 0 Å². The van der Waals surface area contributed by atoms with Gasteiger partial charge in [0.1, 0.15) is 5.82 Å². The van der Waals surface area contributed by atoms with E-state index < -0.39 is 23.4 Å². The summed E-state index contributed by atoms with van der Waals surface area (Å²) < 4.78 is 14.7. The van der Waals surface area contributed by atoms with Crippen molar-refractivity contribution in [1.29, 1.82) is 0 Å². The number of amides is 1. The zero-order valence-electron chi connectivity index (χ0n) is 15.0. The van der Waals surface area contributed by atoms with E-state index >= 15 is 0 Å². The molecule has 2 unspecified atom stereocenters. The highest BCUT2D eigenvalue weighted by Crippen LogP contribution is 2.47. The Hall–Kier alpha value is -1.95. The number of nitrogens with one attached hydrogen (secondary N) is 1. The van der Waals surface area contributed by atoms with E-state index in [9.17, 15) is 14.3 Å². The Bertz CT molecular complexity index is 840. The van der Waals surface area contributed by atoms with Crippen molar-refractivity contribution in [3.63, 3.8) is 0 Å². The molecule has 0 saturated carbocycles. The lowest BCUT2D eigenvalue weighted by Gasteiger charge is -2.34. The molecule has 0 saturated heterocycles. The average molecular weight is 377 g/mol. The Balaban J connectivity index is 2.20. The van der Waals surface area contributed by atoms with Crippen molar-refractivity contribution in [1.82, 2.24) is 5.32 Å². The third-order valence-electron chi connectivity index (χ3n) is 4.90. The number of benzene rings is 2. The number of rotatable bonds is 5. The number of aliphatic hydroxyl groups excluding tert-OH is 1. The van der Waals surface area contributed by atoms with Crippen LogP contribution in [0.3, 0.4) is 0 Å². The number of fused-ring (bicyclic) bond motifs is 1. The van der Waals surface area contributed by atoms with E-state index in [1.807, 2.05) is 0 Å². The first-order valence-electron chi connectivity index (χ1n) is 8.49. The summed E-state index contributed by atoms with van der Waals surface area (Å²) in [6.45, 7) is 3.78. The predicted octanol–water partition coefficient (Wildman–Crippen LogP) is 3.42. The van der Waals surface area contributed by atoms with Gasteiger partial charge in [0.05, 0.1) is 23.2 Å². The Morgan fingerprint density at radius 1 is 1.27 bits per heavy atom. The monoisotopic (exact) mass is 376 g/mol. The van der Waals surface area contributed by atoms with E-state index in [1.54, 1.807) is 57.3 Å². The molecule has 0 radical (unpaired) electrons. The minimum Gasteiger partial charge on any atom is -0.389 e. The van der Waals surface area contributed by atoms with Gasteiger partial charge in [0.25, 0.3) is 0 Å². The molecule has 0 aromatic heterocycles. The molecule has 1 amide bonds. The highest BCUT2D eigenvalue weighted by molar-refractivity contribution is 6.30. The fraction of sp³-hybridized carbons (Fsp3) is 0.350. The Morgan fingerprint density at radius 3 is 2.62 bits per heavy atom. The van der Waals surface area contributed by atoms with Crippen LogP contribution < -0.4 is 10.2 Å². The van der Waals surface area contributed by atoms with E-state index in [2.05, 4.69) is 5.32 Å². The molecule has 6 heteroatoms. The van der Waals surface area contributed by atoms with Gasteiger partial charge in [0, 0.05) is 11.6 Å². The third-order valence-corrected chi connectivity index (χ3v) is 5.14. The van der Waals surface area contributed by atoms with Crippen molar-refractivity contribution in [2.75, 3.05) is 18.5 Å². The number of aliphatic hydroxyl groups is 1. The molecule has 2 N–H and O–H groups in total. The molecular weight excluding hydrogens is 355 g/mol. The maximum atomic E-state index is 14.7. The first-order valence-corrected chi connectivity index (χ1v) is 8.87. The number of carbonyl (C=O) groups is 1. The van der Waals surface area contributed by atoms with E-state index in [1.165, 1.54) is 11.0 Å².